The van der Waals surface area contributed by atoms with Crippen molar-refractivity contribution in [1.82, 2.24) is 5.32 Å². The Bertz CT molecular complexity index is 416. The van der Waals surface area contributed by atoms with E-state index in [1.165, 1.54) is 16.7 Å². The zero-order chi connectivity index (χ0) is 14.3. The van der Waals surface area contributed by atoms with Crippen molar-refractivity contribution in [2.24, 2.45) is 0 Å². The Hall–Kier alpha value is -1.12. The van der Waals surface area contributed by atoms with Gasteiger partial charge in [0.1, 0.15) is 0 Å². The molecule has 0 aliphatic carbocycles. The number of ether oxygens (including phenoxy) is 1. The van der Waals surface area contributed by atoms with Crippen LogP contribution in [-0.2, 0) is 11.3 Å². The van der Waals surface area contributed by atoms with Gasteiger partial charge < -0.3 is 10.1 Å². The van der Waals surface area contributed by atoms with Gasteiger partial charge in [-0.05, 0) is 38.3 Å². The molecule has 0 aliphatic rings. The Morgan fingerprint density at radius 3 is 2.53 bits per heavy atom. The topological polar surface area (TPSA) is 21.3 Å². The van der Waals surface area contributed by atoms with Gasteiger partial charge in [0.15, 0.2) is 0 Å². The summed E-state index contributed by atoms with van der Waals surface area (Å²) in [6.07, 6.45) is 3.34. The summed E-state index contributed by atoms with van der Waals surface area (Å²) in [5.41, 5.74) is 4.07. The number of hydrogen-bond donors (Lipinski definition) is 1. The van der Waals surface area contributed by atoms with Crippen LogP contribution >= 0.6 is 0 Å². The summed E-state index contributed by atoms with van der Waals surface area (Å²) in [4.78, 5) is 0. The lowest BCUT2D eigenvalue weighted by Gasteiger charge is -2.21. The highest BCUT2D eigenvalue weighted by Gasteiger charge is 2.09. The first kappa shape index (κ1) is 15.9. The summed E-state index contributed by atoms with van der Waals surface area (Å²) < 4.78 is 5.25. The van der Waals surface area contributed by atoms with Gasteiger partial charge in [0, 0.05) is 19.2 Å². The van der Waals surface area contributed by atoms with Crippen LogP contribution in [-0.4, -0.2) is 19.2 Å². The van der Waals surface area contributed by atoms with Crippen LogP contribution in [0.25, 0.3) is 6.08 Å². The van der Waals surface area contributed by atoms with E-state index in [1.807, 2.05) is 0 Å². The summed E-state index contributed by atoms with van der Waals surface area (Å²) in [7, 11) is 1.74. The van der Waals surface area contributed by atoms with Crippen molar-refractivity contribution < 1.29 is 4.74 Å². The van der Waals surface area contributed by atoms with Gasteiger partial charge in [0.2, 0.25) is 0 Å². The second-order valence-corrected chi connectivity index (χ2v) is 5.89. The van der Waals surface area contributed by atoms with Gasteiger partial charge in [-0.3, -0.25) is 0 Å². The van der Waals surface area contributed by atoms with Crippen LogP contribution in [0.15, 0.2) is 29.8 Å². The number of benzene rings is 1. The van der Waals surface area contributed by atoms with Crippen LogP contribution < -0.4 is 5.32 Å². The van der Waals surface area contributed by atoms with Crippen molar-refractivity contribution in [1.29, 1.82) is 0 Å². The van der Waals surface area contributed by atoms with Crippen LogP contribution in [0.5, 0.6) is 0 Å². The molecule has 0 bridgehead atoms. The second-order valence-electron chi connectivity index (χ2n) is 5.89. The van der Waals surface area contributed by atoms with E-state index in [0.717, 1.165) is 13.0 Å². The molecule has 1 rings (SSSR count). The van der Waals surface area contributed by atoms with E-state index < -0.39 is 0 Å². The molecule has 0 saturated carbocycles. The molecule has 2 heteroatoms. The molecule has 1 aromatic carbocycles. The maximum atomic E-state index is 5.25. The fourth-order valence-corrected chi connectivity index (χ4v) is 1.84. The summed E-state index contributed by atoms with van der Waals surface area (Å²) in [5.74, 6) is 0. The lowest BCUT2D eigenvalue weighted by molar-refractivity contribution is 0.184. The average molecular weight is 261 g/mol. The van der Waals surface area contributed by atoms with Crippen molar-refractivity contribution in [2.45, 2.75) is 46.3 Å². The molecule has 0 spiro atoms. The molecular weight excluding hydrogens is 234 g/mol. The van der Waals surface area contributed by atoms with E-state index in [2.05, 4.69) is 63.4 Å². The van der Waals surface area contributed by atoms with Crippen molar-refractivity contribution >= 4 is 6.08 Å². The van der Waals surface area contributed by atoms with Crippen molar-refractivity contribution in [3.8, 4) is 0 Å². The van der Waals surface area contributed by atoms with Gasteiger partial charge in [-0.2, -0.15) is 0 Å². The molecule has 0 aliphatic heterocycles. The third-order valence-corrected chi connectivity index (χ3v) is 3.01. The maximum absolute atomic E-state index is 5.25. The molecule has 0 fully saturated rings. The normalized spacial score (nSPS) is 12.8. The molecule has 1 N–H and O–H groups in total. The van der Waals surface area contributed by atoms with Gasteiger partial charge in [-0.15, -0.1) is 0 Å². The SMILES string of the molecule is CCC(=Cc1ccccc1COC)CNC(C)(C)C. The smallest absolute Gasteiger partial charge is 0.0718 e. The fourth-order valence-electron chi connectivity index (χ4n) is 1.84. The predicted molar refractivity (Wildman–Crippen MR) is 83.2 cm³/mol. The van der Waals surface area contributed by atoms with Gasteiger partial charge in [0.05, 0.1) is 6.61 Å². The number of rotatable bonds is 6. The third kappa shape index (κ3) is 6.04. The summed E-state index contributed by atoms with van der Waals surface area (Å²) in [5, 5.41) is 3.55. The van der Waals surface area contributed by atoms with Crippen LogP contribution in [0, 0.1) is 0 Å². The Labute approximate surface area is 117 Å². The Balaban J connectivity index is 2.85. The van der Waals surface area contributed by atoms with E-state index in [0.29, 0.717) is 6.61 Å². The molecule has 0 aromatic heterocycles. The Morgan fingerprint density at radius 2 is 1.95 bits per heavy atom. The van der Waals surface area contributed by atoms with Gasteiger partial charge in [-0.25, -0.2) is 0 Å². The summed E-state index contributed by atoms with van der Waals surface area (Å²) in [6, 6.07) is 8.42. The van der Waals surface area contributed by atoms with Crippen LogP contribution in [0.4, 0.5) is 0 Å². The van der Waals surface area contributed by atoms with Crippen LogP contribution in [0.3, 0.4) is 0 Å². The molecule has 0 saturated heterocycles. The van der Waals surface area contributed by atoms with E-state index in [4.69, 9.17) is 4.74 Å². The van der Waals surface area contributed by atoms with Crippen LogP contribution in [0.2, 0.25) is 0 Å². The zero-order valence-corrected chi connectivity index (χ0v) is 12.9. The van der Waals surface area contributed by atoms with E-state index in [-0.39, 0.29) is 5.54 Å². The molecule has 19 heavy (non-hydrogen) atoms. The van der Waals surface area contributed by atoms with E-state index in [9.17, 15) is 0 Å². The van der Waals surface area contributed by atoms with E-state index in [1.54, 1.807) is 7.11 Å². The minimum atomic E-state index is 0.153. The molecule has 1 aromatic rings. The Kier molecular flexibility index (Phi) is 6.26. The average Bonchev–Trinajstić information content (AvgIpc) is 2.35. The summed E-state index contributed by atoms with van der Waals surface area (Å²) in [6.45, 7) is 10.4. The van der Waals surface area contributed by atoms with Crippen molar-refractivity contribution in [3.63, 3.8) is 0 Å². The van der Waals surface area contributed by atoms with Gasteiger partial charge in [0.25, 0.3) is 0 Å². The number of nitrogens with one attached hydrogen (secondary N) is 1. The quantitative estimate of drug-likeness (QED) is 0.835. The minimum Gasteiger partial charge on any atom is -0.380 e. The highest BCUT2D eigenvalue weighted by molar-refractivity contribution is 5.57. The maximum Gasteiger partial charge on any atom is 0.0718 e. The highest BCUT2D eigenvalue weighted by atomic mass is 16.5. The summed E-state index contributed by atoms with van der Waals surface area (Å²) >= 11 is 0. The lowest BCUT2D eigenvalue weighted by atomic mass is 10.0. The molecular formula is C17H27NO. The molecule has 0 amide bonds. The molecule has 2 nitrogen and oxygen atoms in total. The molecule has 0 radical (unpaired) electrons. The Morgan fingerprint density at radius 1 is 1.26 bits per heavy atom. The molecule has 0 heterocycles. The minimum absolute atomic E-state index is 0.153. The first-order valence-corrected chi connectivity index (χ1v) is 6.97. The van der Waals surface area contributed by atoms with E-state index >= 15 is 0 Å². The first-order valence-electron chi connectivity index (χ1n) is 6.97. The van der Waals surface area contributed by atoms with Crippen LogP contribution in [0.1, 0.15) is 45.2 Å². The highest BCUT2D eigenvalue weighted by Crippen LogP contribution is 2.16. The second kappa shape index (κ2) is 7.46. The predicted octanol–water partition coefficient (Wildman–Crippen LogP) is 4.01. The standard InChI is InChI=1S/C17H27NO/c1-6-14(12-18-17(2,3)4)11-15-9-7-8-10-16(15)13-19-5/h7-11,18H,6,12-13H2,1-5H3. The fraction of sp³-hybridized carbons (Fsp3) is 0.529. The first-order chi connectivity index (χ1) is 8.96. The lowest BCUT2D eigenvalue weighted by Crippen LogP contribution is -2.36. The monoisotopic (exact) mass is 261 g/mol. The largest absolute Gasteiger partial charge is 0.380 e. The number of methoxy groups -OCH3 is 1. The molecule has 106 valence electrons. The van der Waals surface area contributed by atoms with Crippen molar-refractivity contribution in [2.75, 3.05) is 13.7 Å². The van der Waals surface area contributed by atoms with Gasteiger partial charge >= 0.3 is 0 Å². The third-order valence-electron chi connectivity index (χ3n) is 3.01. The van der Waals surface area contributed by atoms with Gasteiger partial charge in [-0.1, -0.05) is 42.8 Å². The zero-order valence-electron chi connectivity index (χ0n) is 12.9. The number of hydrogen-bond acceptors (Lipinski definition) is 2. The van der Waals surface area contributed by atoms with Crippen molar-refractivity contribution in [3.05, 3.63) is 41.0 Å². The molecule has 0 atom stereocenters. The molecule has 0 unspecified atom stereocenters.